The van der Waals surface area contributed by atoms with E-state index in [9.17, 15) is 19.7 Å². The van der Waals surface area contributed by atoms with E-state index in [1.54, 1.807) is 6.92 Å². The monoisotopic (exact) mass is 282 g/mol. The Morgan fingerprint density at radius 1 is 1.50 bits per heavy atom. The van der Waals surface area contributed by atoms with Gasteiger partial charge in [-0.3, -0.25) is 14.9 Å². The molecule has 0 aliphatic heterocycles. The molecule has 2 N–H and O–H groups in total. The molecule has 20 heavy (non-hydrogen) atoms. The van der Waals surface area contributed by atoms with E-state index < -0.39 is 22.8 Å². The highest BCUT2D eigenvalue weighted by Gasteiger charge is 2.25. The number of carboxylic acids is 1. The molecule has 0 aliphatic carbocycles. The zero-order valence-electron chi connectivity index (χ0n) is 11.0. The molecular weight excluding hydrogens is 268 g/mol. The van der Waals surface area contributed by atoms with Crippen LogP contribution in [0.15, 0.2) is 18.2 Å². The van der Waals surface area contributed by atoms with Crippen LogP contribution in [-0.2, 0) is 9.53 Å². The summed E-state index contributed by atoms with van der Waals surface area (Å²) >= 11 is 0. The first-order valence-corrected chi connectivity index (χ1v) is 5.64. The molecule has 0 aromatic heterocycles. The Labute approximate surface area is 114 Å². The largest absolute Gasteiger partial charge is 0.480 e. The molecule has 1 unspecified atom stereocenters. The Balaban J connectivity index is 3.05. The van der Waals surface area contributed by atoms with Gasteiger partial charge in [0.1, 0.15) is 5.56 Å². The van der Waals surface area contributed by atoms with Crippen LogP contribution < -0.4 is 5.32 Å². The molecule has 0 aliphatic rings. The summed E-state index contributed by atoms with van der Waals surface area (Å²) < 4.78 is 4.67. The molecule has 1 atom stereocenters. The van der Waals surface area contributed by atoms with Crippen LogP contribution in [0.2, 0.25) is 0 Å². The summed E-state index contributed by atoms with van der Waals surface area (Å²) in [6.45, 7) is 1.44. The third kappa shape index (κ3) is 3.75. The van der Waals surface area contributed by atoms with Crippen molar-refractivity contribution < 1.29 is 24.4 Å². The standard InChI is InChI=1S/C12H14N2O6/c1-7-3-4-10(14(18)19)8(5-7)11(15)13-9(6-20-2)12(16)17/h3-5,9H,6H2,1-2H3,(H,13,15)(H,16,17). The van der Waals surface area contributed by atoms with Crippen molar-refractivity contribution in [3.8, 4) is 0 Å². The average Bonchev–Trinajstić information content (AvgIpc) is 2.37. The van der Waals surface area contributed by atoms with E-state index in [0.29, 0.717) is 5.56 Å². The Morgan fingerprint density at radius 3 is 2.65 bits per heavy atom. The lowest BCUT2D eigenvalue weighted by Gasteiger charge is -2.13. The van der Waals surface area contributed by atoms with Crippen molar-refractivity contribution in [3.05, 3.63) is 39.4 Å². The SMILES string of the molecule is COCC(NC(=O)c1cc(C)ccc1[N+](=O)[O-])C(=O)O. The maximum absolute atomic E-state index is 12.0. The van der Waals surface area contributed by atoms with Gasteiger partial charge in [0, 0.05) is 13.2 Å². The van der Waals surface area contributed by atoms with E-state index in [1.807, 2.05) is 0 Å². The maximum Gasteiger partial charge on any atom is 0.328 e. The zero-order valence-corrected chi connectivity index (χ0v) is 11.0. The predicted molar refractivity (Wildman–Crippen MR) is 68.6 cm³/mol. The molecule has 0 radical (unpaired) electrons. The smallest absolute Gasteiger partial charge is 0.328 e. The fourth-order valence-corrected chi connectivity index (χ4v) is 1.57. The first-order valence-electron chi connectivity index (χ1n) is 5.64. The minimum absolute atomic E-state index is 0.183. The number of aliphatic carboxylic acids is 1. The second kappa shape index (κ2) is 6.62. The summed E-state index contributed by atoms with van der Waals surface area (Å²) in [5, 5.41) is 22.0. The van der Waals surface area contributed by atoms with Crippen molar-refractivity contribution in [2.45, 2.75) is 13.0 Å². The molecule has 108 valence electrons. The fourth-order valence-electron chi connectivity index (χ4n) is 1.57. The summed E-state index contributed by atoms with van der Waals surface area (Å²) in [4.78, 5) is 33.1. The number of carboxylic acid groups (broad SMARTS) is 1. The number of carbonyl (C=O) groups excluding carboxylic acids is 1. The molecule has 8 nitrogen and oxygen atoms in total. The van der Waals surface area contributed by atoms with Crippen molar-refractivity contribution in [2.24, 2.45) is 0 Å². The molecule has 0 fully saturated rings. The highest BCUT2D eigenvalue weighted by molar-refractivity contribution is 6.00. The van der Waals surface area contributed by atoms with Gasteiger partial charge in [0.15, 0.2) is 6.04 Å². The number of aryl methyl sites for hydroxylation is 1. The number of hydrogen-bond acceptors (Lipinski definition) is 5. The third-order valence-corrected chi connectivity index (χ3v) is 2.53. The molecule has 0 bridgehead atoms. The number of carbonyl (C=O) groups is 2. The Morgan fingerprint density at radius 2 is 2.15 bits per heavy atom. The van der Waals surface area contributed by atoms with Crippen LogP contribution in [0.3, 0.4) is 0 Å². The number of benzene rings is 1. The van der Waals surface area contributed by atoms with Gasteiger partial charge in [-0.25, -0.2) is 4.79 Å². The van der Waals surface area contributed by atoms with Gasteiger partial charge in [-0.2, -0.15) is 0 Å². The second-order valence-electron chi connectivity index (χ2n) is 4.10. The molecule has 0 spiro atoms. The van der Waals surface area contributed by atoms with Crippen LogP contribution in [-0.4, -0.2) is 41.7 Å². The molecule has 1 rings (SSSR count). The van der Waals surface area contributed by atoms with Gasteiger partial charge in [0.05, 0.1) is 11.5 Å². The molecule has 1 aromatic rings. The van der Waals surface area contributed by atoms with Crippen molar-refractivity contribution >= 4 is 17.6 Å². The molecule has 1 aromatic carbocycles. The van der Waals surface area contributed by atoms with Gasteiger partial charge in [-0.05, 0) is 18.6 Å². The summed E-state index contributed by atoms with van der Waals surface area (Å²) in [7, 11) is 1.29. The lowest BCUT2D eigenvalue weighted by atomic mass is 10.1. The van der Waals surface area contributed by atoms with Crippen LogP contribution >= 0.6 is 0 Å². The predicted octanol–water partition coefficient (Wildman–Crippen LogP) is 0.733. The lowest BCUT2D eigenvalue weighted by molar-refractivity contribution is -0.385. The van der Waals surface area contributed by atoms with Crippen LogP contribution in [0.5, 0.6) is 0 Å². The molecule has 0 saturated carbocycles. The van der Waals surface area contributed by atoms with E-state index >= 15 is 0 Å². The van der Waals surface area contributed by atoms with E-state index in [0.717, 1.165) is 0 Å². The number of nitro groups is 1. The van der Waals surface area contributed by atoms with Gasteiger partial charge in [0.2, 0.25) is 0 Å². The van der Waals surface area contributed by atoms with Crippen molar-refractivity contribution in [1.29, 1.82) is 0 Å². The number of nitrogens with one attached hydrogen (secondary N) is 1. The number of amides is 1. The summed E-state index contributed by atoms with van der Waals surface area (Å²) in [5.74, 6) is -2.11. The highest BCUT2D eigenvalue weighted by Crippen LogP contribution is 2.19. The Bertz CT molecular complexity index is 543. The van der Waals surface area contributed by atoms with Crippen LogP contribution in [0.25, 0.3) is 0 Å². The van der Waals surface area contributed by atoms with Gasteiger partial charge in [0.25, 0.3) is 11.6 Å². The van der Waals surface area contributed by atoms with Crippen molar-refractivity contribution in [1.82, 2.24) is 5.32 Å². The third-order valence-electron chi connectivity index (χ3n) is 2.53. The molecule has 0 saturated heterocycles. The number of ether oxygens (including phenoxy) is 1. The summed E-state index contributed by atoms with van der Waals surface area (Å²) in [5.41, 5.74) is 0.0892. The van der Waals surface area contributed by atoms with Gasteiger partial charge in [-0.15, -0.1) is 0 Å². The number of hydrogen-bond donors (Lipinski definition) is 2. The summed E-state index contributed by atoms with van der Waals surface area (Å²) in [6, 6.07) is 2.77. The number of nitrogens with zero attached hydrogens (tertiary/aromatic N) is 1. The quantitative estimate of drug-likeness (QED) is 0.586. The van der Waals surface area contributed by atoms with E-state index in [4.69, 9.17) is 5.11 Å². The van der Waals surface area contributed by atoms with Gasteiger partial charge < -0.3 is 15.2 Å². The summed E-state index contributed by atoms with van der Waals surface area (Å²) in [6.07, 6.45) is 0. The Kier molecular flexibility index (Phi) is 5.15. The minimum Gasteiger partial charge on any atom is -0.480 e. The highest BCUT2D eigenvalue weighted by atomic mass is 16.6. The lowest BCUT2D eigenvalue weighted by Crippen LogP contribution is -2.44. The number of rotatable bonds is 6. The average molecular weight is 282 g/mol. The molecule has 0 heterocycles. The van der Waals surface area contributed by atoms with Crippen LogP contribution in [0, 0.1) is 17.0 Å². The number of methoxy groups -OCH3 is 1. The maximum atomic E-state index is 12.0. The normalized spacial score (nSPS) is 11.7. The van der Waals surface area contributed by atoms with E-state index in [-0.39, 0.29) is 17.9 Å². The first kappa shape index (κ1) is 15.6. The van der Waals surface area contributed by atoms with Crippen LogP contribution in [0.4, 0.5) is 5.69 Å². The van der Waals surface area contributed by atoms with Crippen molar-refractivity contribution in [2.75, 3.05) is 13.7 Å². The van der Waals surface area contributed by atoms with E-state index in [2.05, 4.69) is 10.1 Å². The fraction of sp³-hybridized carbons (Fsp3) is 0.333. The van der Waals surface area contributed by atoms with E-state index in [1.165, 1.54) is 25.3 Å². The Hall–Kier alpha value is -2.48. The number of nitro benzene ring substituents is 1. The first-order chi connectivity index (χ1) is 9.36. The second-order valence-corrected chi connectivity index (χ2v) is 4.10. The minimum atomic E-state index is -1.28. The van der Waals surface area contributed by atoms with Crippen LogP contribution in [0.1, 0.15) is 15.9 Å². The molecule has 1 amide bonds. The molecule has 8 heteroatoms. The topological polar surface area (TPSA) is 119 Å². The van der Waals surface area contributed by atoms with Gasteiger partial charge >= 0.3 is 5.97 Å². The van der Waals surface area contributed by atoms with Gasteiger partial charge in [-0.1, -0.05) is 6.07 Å². The van der Waals surface area contributed by atoms with Crippen molar-refractivity contribution in [3.63, 3.8) is 0 Å². The molecular formula is C12H14N2O6. The zero-order chi connectivity index (χ0) is 15.3.